The molecule has 0 atom stereocenters. The number of hydrogen-bond donors (Lipinski definition) is 0. The van der Waals surface area contributed by atoms with Crippen molar-refractivity contribution in [2.24, 2.45) is 5.92 Å². The summed E-state index contributed by atoms with van der Waals surface area (Å²) in [5, 5.41) is 0. The zero-order chi connectivity index (χ0) is 22.4. The van der Waals surface area contributed by atoms with E-state index in [1.54, 1.807) is 0 Å². The molecule has 0 fully saturated rings. The molecule has 2 heteroatoms. The highest BCUT2D eigenvalue weighted by molar-refractivity contribution is 5.81. The number of benzene rings is 4. The lowest BCUT2D eigenvalue weighted by molar-refractivity contribution is 0.394. The van der Waals surface area contributed by atoms with E-state index in [1.165, 1.54) is 46.5 Å². The predicted octanol–water partition coefficient (Wildman–Crippen LogP) is 7.81. The molecule has 160 valence electrons. The molecule has 0 heterocycles. The molecule has 6 rings (SSSR count). The Kier molecular flexibility index (Phi) is 4.62. The van der Waals surface area contributed by atoms with Crippen LogP contribution in [0.25, 0.3) is 11.1 Å². The Bertz CT molecular complexity index is 1270. The maximum absolute atomic E-state index is 14.1. The molecular weight excluding hydrogens is 410 g/mol. The minimum atomic E-state index is -0.590. The number of halogens is 2. The van der Waals surface area contributed by atoms with Crippen molar-refractivity contribution >= 4 is 0 Å². The van der Waals surface area contributed by atoms with Crippen LogP contribution in [0, 0.1) is 17.6 Å². The van der Waals surface area contributed by atoms with Crippen LogP contribution in [-0.2, 0) is 5.41 Å². The molecule has 0 saturated heterocycles. The lowest BCUT2D eigenvalue weighted by Gasteiger charge is -2.45. The van der Waals surface area contributed by atoms with Crippen molar-refractivity contribution in [1.29, 1.82) is 0 Å². The first-order chi connectivity index (χ1) is 16.2. The Morgan fingerprint density at radius 1 is 0.515 bits per heavy atom. The largest absolute Gasteiger partial charge is 0.207 e. The fraction of sp³-hybridized carbons (Fsp3) is 0.0968. The second-order valence-corrected chi connectivity index (χ2v) is 8.79. The van der Waals surface area contributed by atoms with Gasteiger partial charge in [0.2, 0.25) is 0 Å². The molecule has 0 aromatic heterocycles. The molecule has 0 unspecified atom stereocenters. The van der Waals surface area contributed by atoms with Gasteiger partial charge in [-0.25, -0.2) is 8.78 Å². The first-order valence-corrected chi connectivity index (χ1v) is 11.2. The van der Waals surface area contributed by atoms with Gasteiger partial charge in [0.05, 0.1) is 0 Å². The van der Waals surface area contributed by atoms with Crippen molar-refractivity contribution in [3.05, 3.63) is 155 Å². The van der Waals surface area contributed by atoms with Gasteiger partial charge in [-0.2, -0.15) is 0 Å². The standard InChI is InChI=1S/C31H22F2/c32-24-17-13-22(14-18-24)31(21-7-1-2-8-21,23-15-19-25(33)20-16-23)30-28-11-5-3-9-26(28)27-10-4-6-12-29(27)30/h1-21,30H. The summed E-state index contributed by atoms with van der Waals surface area (Å²) < 4.78 is 28.2. The maximum Gasteiger partial charge on any atom is 0.123 e. The Morgan fingerprint density at radius 2 is 0.939 bits per heavy atom. The van der Waals surface area contributed by atoms with Gasteiger partial charge in [-0.05, 0) is 57.6 Å². The minimum Gasteiger partial charge on any atom is -0.207 e. The Balaban J connectivity index is 1.75. The third-order valence-corrected chi connectivity index (χ3v) is 7.21. The fourth-order valence-electron chi connectivity index (χ4n) is 5.91. The van der Waals surface area contributed by atoms with Crippen LogP contribution in [0.4, 0.5) is 8.78 Å². The summed E-state index contributed by atoms with van der Waals surface area (Å²) in [4.78, 5) is 0. The van der Waals surface area contributed by atoms with Crippen molar-refractivity contribution in [3.63, 3.8) is 0 Å². The number of hydrogen-bond acceptors (Lipinski definition) is 0. The van der Waals surface area contributed by atoms with E-state index < -0.39 is 5.41 Å². The quantitative estimate of drug-likeness (QED) is 0.309. The summed E-state index contributed by atoms with van der Waals surface area (Å²) >= 11 is 0. The van der Waals surface area contributed by atoms with Crippen LogP contribution in [0.3, 0.4) is 0 Å². The molecule has 0 radical (unpaired) electrons. The van der Waals surface area contributed by atoms with Crippen molar-refractivity contribution < 1.29 is 8.78 Å². The smallest absolute Gasteiger partial charge is 0.123 e. The normalized spacial score (nSPS) is 15.1. The van der Waals surface area contributed by atoms with Crippen LogP contribution < -0.4 is 0 Å². The second kappa shape index (κ2) is 7.67. The number of fused-ring (bicyclic) bond motifs is 3. The van der Waals surface area contributed by atoms with E-state index >= 15 is 0 Å². The van der Waals surface area contributed by atoms with E-state index in [-0.39, 0.29) is 23.5 Å². The Hall–Kier alpha value is -3.78. The fourth-order valence-corrected chi connectivity index (χ4v) is 5.91. The molecular formula is C31H22F2. The zero-order valence-corrected chi connectivity index (χ0v) is 18.0. The summed E-state index contributed by atoms with van der Waals surface area (Å²) in [6.45, 7) is 0. The number of allylic oxidation sites excluding steroid dienone is 4. The van der Waals surface area contributed by atoms with E-state index in [0.29, 0.717) is 0 Å². The minimum absolute atomic E-state index is 0.0117. The van der Waals surface area contributed by atoms with Gasteiger partial charge < -0.3 is 0 Å². The van der Waals surface area contributed by atoms with E-state index in [0.717, 1.165) is 11.1 Å². The van der Waals surface area contributed by atoms with Crippen LogP contribution in [0.2, 0.25) is 0 Å². The summed E-state index contributed by atoms with van der Waals surface area (Å²) in [6, 6.07) is 30.7. The van der Waals surface area contributed by atoms with E-state index in [4.69, 9.17) is 0 Å². The summed E-state index contributed by atoms with van der Waals surface area (Å²) in [5.41, 5.74) is 6.34. The topological polar surface area (TPSA) is 0 Å². The monoisotopic (exact) mass is 432 g/mol. The second-order valence-electron chi connectivity index (χ2n) is 8.79. The van der Waals surface area contributed by atoms with Gasteiger partial charge >= 0.3 is 0 Å². The lowest BCUT2D eigenvalue weighted by atomic mass is 9.56. The van der Waals surface area contributed by atoms with Gasteiger partial charge in [0.1, 0.15) is 11.6 Å². The molecule has 4 aromatic rings. The molecule has 0 N–H and O–H groups in total. The van der Waals surface area contributed by atoms with Gasteiger partial charge in [-0.3, -0.25) is 0 Å². The molecule has 0 aliphatic heterocycles. The summed E-state index contributed by atoms with van der Waals surface area (Å²) in [6.07, 6.45) is 8.55. The number of rotatable bonds is 4. The summed E-state index contributed by atoms with van der Waals surface area (Å²) in [5.74, 6) is -0.552. The van der Waals surface area contributed by atoms with Crippen LogP contribution >= 0.6 is 0 Å². The molecule has 2 aliphatic rings. The molecule has 4 aromatic carbocycles. The zero-order valence-electron chi connectivity index (χ0n) is 18.0. The van der Waals surface area contributed by atoms with Gasteiger partial charge in [-0.15, -0.1) is 0 Å². The van der Waals surface area contributed by atoms with Crippen molar-refractivity contribution in [2.45, 2.75) is 11.3 Å². The lowest BCUT2D eigenvalue weighted by Crippen LogP contribution is -2.40. The van der Waals surface area contributed by atoms with E-state index in [1.807, 2.05) is 24.3 Å². The molecule has 33 heavy (non-hydrogen) atoms. The van der Waals surface area contributed by atoms with Crippen LogP contribution in [0.15, 0.2) is 121 Å². The first-order valence-electron chi connectivity index (χ1n) is 11.2. The Morgan fingerprint density at radius 3 is 1.39 bits per heavy atom. The van der Waals surface area contributed by atoms with Crippen molar-refractivity contribution in [1.82, 2.24) is 0 Å². The Labute approximate surface area is 192 Å². The van der Waals surface area contributed by atoms with E-state index in [2.05, 4.69) is 72.8 Å². The highest BCUT2D eigenvalue weighted by atomic mass is 19.1. The van der Waals surface area contributed by atoms with Gasteiger partial charge in [0.25, 0.3) is 0 Å². The average molecular weight is 433 g/mol. The van der Waals surface area contributed by atoms with Gasteiger partial charge in [0.15, 0.2) is 0 Å². The molecule has 0 nitrogen and oxygen atoms in total. The van der Waals surface area contributed by atoms with Crippen LogP contribution in [0.5, 0.6) is 0 Å². The highest BCUT2D eigenvalue weighted by Gasteiger charge is 2.51. The maximum atomic E-state index is 14.1. The van der Waals surface area contributed by atoms with Crippen LogP contribution in [-0.4, -0.2) is 0 Å². The summed E-state index contributed by atoms with van der Waals surface area (Å²) in [7, 11) is 0. The molecule has 0 bridgehead atoms. The SMILES string of the molecule is Fc1ccc(C(c2ccc(F)cc2)(C2C=CC=C2)C2c3ccccc3-c3ccccc32)cc1. The van der Waals surface area contributed by atoms with Gasteiger partial charge in [-0.1, -0.05) is 97.1 Å². The average Bonchev–Trinajstić information content (AvgIpc) is 3.50. The third kappa shape index (κ3) is 2.94. The predicted molar refractivity (Wildman–Crippen MR) is 129 cm³/mol. The first kappa shape index (κ1) is 19.9. The van der Waals surface area contributed by atoms with Gasteiger partial charge in [0, 0.05) is 17.3 Å². The molecule has 0 spiro atoms. The van der Waals surface area contributed by atoms with Crippen molar-refractivity contribution in [3.8, 4) is 11.1 Å². The third-order valence-electron chi connectivity index (χ3n) is 7.21. The molecule has 0 amide bonds. The highest BCUT2D eigenvalue weighted by Crippen LogP contribution is 2.60. The van der Waals surface area contributed by atoms with Crippen LogP contribution in [0.1, 0.15) is 28.2 Å². The molecule has 0 saturated carbocycles. The van der Waals surface area contributed by atoms with Crippen molar-refractivity contribution in [2.75, 3.05) is 0 Å². The molecule has 2 aliphatic carbocycles. The van der Waals surface area contributed by atoms with E-state index in [9.17, 15) is 8.78 Å².